The van der Waals surface area contributed by atoms with Crippen LogP contribution in [0.1, 0.15) is 26.7 Å². The van der Waals surface area contributed by atoms with E-state index in [9.17, 15) is 17.2 Å². The number of hydrogen-bond acceptors (Lipinski definition) is 3. The van der Waals surface area contributed by atoms with Gasteiger partial charge in [-0.05, 0) is 25.0 Å². The zero-order valence-electron chi connectivity index (χ0n) is 11.5. The van der Waals surface area contributed by atoms with Crippen LogP contribution < -0.4 is 0 Å². The van der Waals surface area contributed by atoms with Gasteiger partial charge in [0, 0.05) is 18.7 Å². The molecule has 0 bridgehead atoms. The Bertz CT molecular complexity index is 524. The minimum atomic E-state index is -4.04. The molecule has 0 saturated heterocycles. The van der Waals surface area contributed by atoms with Gasteiger partial charge in [-0.25, -0.2) is 17.2 Å². The van der Waals surface area contributed by atoms with E-state index in [0.29, 0.717) is 18.9 Å². The van der Waals surface area contributed by atoms with Crippen molar-refractivity contribution in [3.05, 3.63) is 29.8 Å². The highest BCUT2D eigenvalue weighted by molar-refractivity contribution is 7.89. The number of benzene rings is 1. The van der Waals surface area contributed by atoms with Gasteiger partial charge in [0.05, 0.1) is 11.5 Å². The number of nitrogens with zero attached hydrogens (tertiary/aromatic N) is 1. The van der Waals surface area contributed by atoms with E-state index in [1.54, 1.807) is 0 Å². The van der Waals surface area contributed by atoms with E-state index in [-0.39, 0.29) is 19.2 Å². The van der Waals surface area contributed by atoms with Crippen molar-refractivity contribution >= 4 is 10.0 Å². The topological polar surface area (TPSA) is 57.6 Å². The number of rotatable bonds is 7. The minimum Gasteiger partial charge on any atom is -0.395 e. The fourth-order valence-electron chi connectivity index (χ4n) is 2.11. The third-order valence-electron chi connectivity index (χ3n) is 3.11. The van der Waals surface area contributed by atoms with Gasteiger partial charge in [-0.2, -0.15) is 4.31 Å². The number of aliphatic hydroxyl groups excluding tert-OH is 1. The van der Waals surface area contributed by atoms with Gasteiger partial charge in [0.1, 0.15) is 11.6 Å². The highest BCUT2D eigenvalue weighted by Gasteiger charge is 2.30. The van der Waals surface area contributed by atoms with Crippen LogP contribution in [0.2, 0.25) is 0 Å². The van der Waals surface area contributed by atoms with Gasteiger partial charge in [-0.1, -0.05) is 13.8 Å². The molecule has 1 N–H and O–H groups in total. The van der Waals surface area contributed by atoms with E-state index in [0.717, 1.165) is 16.4 Å². The summed E-state index contributed by atoms with van der Waals surface area (Å²) < 4.78 is 52.4. The molecule has 0 aliphatic carbocycles. The summed E-state index contributed by atoms with van der Waals surface area (Å²) >= 11 is 0. The third-order valence-corrected chi connectivity index (χ3v) is 5.04. The van der Waals surface area contributed by atoms with Crippen molar-refractivity contribution in [3.8, 4) is 0 Å². The Balaban J connectivity index is 3.28. The van der Waals surface area contributed by atoms with Crippen LogP contribution in [0.3, 0.4) is 0 Å². The first-order valence-electron chi connectivity index (χ1n) is 6.45. The maximum absolute atomic E-state index is 13.2. The van der Waals surface area contributed by atoms with E-state index < -0.39 is 26.6 Å². The number of hydrogen-bond donors (Lipinski definition) is 1. The van der Waals surface area contributed by atoms with Gasteiger partial charge < -0.3 is 5.11 Å². The van der Waals surface area contributed by atoms with Gasteiger partial charge in [0.25, 0.3) is 0 Å². The normalized spacial score (nSPS) is 12.3. The SMILES string of the molecule is CCC(CC)N(CCO)S(=O)(=O)c1cc(F)cc(F)c1. The molecule has 1 aromatic rings. The molecular formula is C13H19F2NO3S. The largest absolute Gasteiger partial charge is 0.395 e. The van der Waals surface area contributed by atoms with Gasteiger partial charge in [-0.15, -0.1) is 0 Å². The van der Waals surface area contributed by atoms with Crippen molar-refractivity contribution in [3.63, 3.8) is 0 Å². The van der Waals surface area contributed by atoms with E-state index >= 15 is 0 Å². The van der Waals surface area contributed by atoms with Crippen LogP contribution in [0.4, 0.5) is 8.78 Å². The summed E-state index contributed by atoms with van der Waals surface area (Å²) in [5.74, 6) is -1.89. The lowest BCUT2D eigenvalue weighted by Crippen LogP contribution is -2.41. The molecule has 0 saturated carbocycles. The van der Waals surface area contributed by atoms with E-state index in [4.69, 9.17) is 5.11 Å². The fourth-order valence-corrected chi connectivity index (χ4v) is 3.91. The Kier molecular flexibility index (Phi) is 6.04. The molecule has 20 heavy (non-hydrogen) atoms. The monoisotopic (exact) mass is 307 g/mol. The lowest BCUT2D eigenvalue weighted by Gasteiger charge is -2.29. The van der Waals surface area contributed by atoms with Gasteiger partial charge in [0.2, 0.25) is 10.0 Å². The van der Waals surface area contributed by atoms with Crippen LogP contribution >= 0.6 is 0 Å². The molecule has 0 aliphatic rings. The maximum Gasteiger partial charge on any atom is 0.243 e. The minimum absolute atomic E-state index is 0.104. The third kappa shape index (κ3) is 3.74. The first-order valence-corrected chi connectivity index (χ1v) is 7.89. The molecule has 0 radical (unpaired) electrons. The van der Waals surface area contributed by atoms with E-state index in [1.165, 1.54) is 0 Å². The molecule has 114 valence electrons. The highest BCUT2D eigenvalue weighted by Crippen LogP contribution is 2.22. The van der Waals surface area contributed by atoms with Crippen LogP contribution in [0.5, 0.6) is 0 Å². The smallest absolute Gasteiger partial charge is 0.243 e. The summed E-state index contributed by atoms with van der Waals surface area (Å²) in [6.07, 6.45) is 1.10. The van der Waals surface area contributed by atoms with E-state index in [1.807, 2.05) is 13.8 Å². The van der Waals surface area contributed by atoms with Crippen molar-refractivity contribution < 1.29 is 22.3 Å². The molecule has 1 aromatic carbocycles. The molecule has 0 spiro atoms. The Morgan fingerprint density at radius 3 is 2.05 bits per heavy atom. The molecule has 0 unspecified atom stereocenters. The van der Waals surface area contributed by atoms with Crippen LogP contribution in [0, 0.1) is 11.6 Å². The van der Waals surface area contributed by atoms with Crippen LogP contribution in [0.15, 0.2) is 23.1 Å². The summed E-state index contributed by atoms with van der Waals surface area (Å²) in [5, 5.41) is 9.04. The molecule has 0 heterocycles. The first-order chi connectivity index (χ1) is 9.36. The van der Waals surface area contributed by atoms with Crippen molar-refractivity contribution in [1.82, 2.24) is 4.31 Å². The zero-order valence-corrected chi connectivity index (χ0v) is 12.3. The van der Waals surface area contributed by atoms with Crippen molar-refractivity contribution in [2.75, 3.05) is 13.2 Å². The highest BCUT2D eigenvalue weighted by atomic mass is 32.2. The molecular weight excluding hydrogens is 288 g/mol. The Hall–Kier alpha value is -1.05. The fraction of sp³-hybridized carbons (Fsp3) is 0.538. The second-order valence-corrected chi connectivity index (χ2v) is 6.31. The Labute approximate surface area is 118 Å². The van der Waals surface area contributed by atoms with Gasteiger partial charge in [0.15, 0.2) is 0 Å². The predicted molar refractivity (Wildman–Crippen MR) is 71.7 cm³/mol. The van der Waals surface area contributed by atoms with Crippen LogP contribution in [-0.2, 0) is 10.0 Å². The zero-order chi connectivity index (χ0) is 15.3. The van der Waals surface area contributed by atoms with Gasteiger partial charge >= 0.3 is 0 Å². The summed E-state index contributed by atoms with van der Waals surface area (Å²) in [6.45, 7) is 3.18. The predicted octanol–water partition coefficient (Wildman–Crippen LogP) is 2.14. The van der Waals surface area contributed by atoms with Crippen LogP contribution in [0.25, 0.3) is 0 Å². The molecule has 0 aliphatic heterocycles. The first kappa shape index (κ1) is 17.0. The molecule has 7 heteroatoms. The quantitative estimate of drug-likeness (QED) is 0.839. The summed E-state index contributed by atoms with van der Waals surface area (Å²) in [6, 6.07) is 1.86. The average Bonchev–Trinajstić information content (AvgIpc) is 2.38. The molecule has 0 fully saturated rings. The lowest BCUT2D eigenvalue weighted by atomic mass is 10.2. The van der Waals surface area contributed by atoms with Crippen molar-refractivity contribution in [2.24, 2.45) is 0 Å². The second kappa shape index (κ2) is 7.10. The molecule has 0 atom stereocenters. The standard InChI is InChI=1S/C13H19F2NO3S/c1-3-12(4-2)16(5-6-17)20(18,19)13-8-10(14)7-11(15)9-13/h7-9,12,17H,3-6H2,1-2H3. The summed E-state index contributed by atoms with van der Waals surface area (Å²) in [5.41, 5.74) is 0. The Morgan fingerprint density at radius 2 is 1.65 bits per heavy atom. The van der Waals surface area contributed by atoms with Crippen molar-refractivity contribution in [1.29, 1.82) is 0 Å². The van der Waals surface area contributed by atoms with E-state index in [2.05, 4.69) is 0 Å². The van der Waals surface area contributed by atoms with Crippen LogP contribution in [-0.4, -0.2) is 37.0 Å². The number of halogens is 2. The summed E-state index contributed by atoms with van der Waals surface area (Å²) in [7, 11) is -4.04. The Morgan fingerprint density at radius 1 is 1.15 bits per heavy atom. The molecule has 0 amide bonds. The molecule has 1 rings (SSSR count). The molecule has 0 aromatic heterocycles. The number of sulfonamides is 1. The van der Waals surface area contributed by atoms with Gasteiger partial charge in [-0.3, -0.25) is 0 Å². The molecule has 4 nitrogen and oxygen atoms in total. The lowest BCUT2D eigenvalue weighted by molar-refractivity contribution is 0.219. The summed E-state index contributed by atoms with van der Waals surface area (Å²) in [4.78, 5) is -0.435. The van der Waals surface area contributed by atoms with Crippen molar-refractivity contribution in [2.45, 2.75) is 37.6 Å². The number of aliphatic hydroxyl groups is 1. The second-order valence-electron chi connectivity index (χ2n) is 4.41. The average molecular weight is 307 g/mol. The maximum atomic E-state index is 13.2.